The van der Waals surface area contributed by atoms with E-state index in [0.29, 0.717) is 37.0 Å². The first kappa shape index (κ1) is 21.9. The van der Waals surface area contributed by atoms with Gasteiger partial charge in [-0.2, -0.15) is 13.2 Å². The first-order valence-corrected chi connectivity index (χ1v) is 8.24. The minimum absolute atomic E-state index is 0.0246. The predicted octanol–water partition coefficient (Wildman–Crippen LogP) is 2.60. The largest absolute Gasteiger partial charge is 0.493 e. The normalized spacial score (nSPS) is 13.2. The zero-order valence-corrected chi connectivity index (χ0v) is 15.2. The number of aliphatic imine (C=N–C) groups is 1. The molecule has 0 amide bonds. The summed E-state index contributed by atoms with van der Waals surface area (Å²) in [5, 5.41) is 6.10. The van der Waals surface area contributed by atoms with Gasteiger partial charge in [0.2, 0.25) is 0 Å². The fourth-order valence-electron chi connectivity index (χ4n) is 2.00. The van der Waals surface area contributed by atoms with Gasteiger partial charge in [0, 0.05) is 20.2 Å². The molecule has 0 saturated heterocycles. The molecular weight excluding hydrogens is 351 g/mol. The summed E-state index contributed by atoms with van der Waals surface area (Å²) in [6, 6.07) is 7.36. The zero-order chi connectivity index (χ0) is 19.4. The monoisotopic (exact) mass is 377 g/mol. The van der Waals surface area contributed by atoms with Crippen molar-refractivity contribution in [1.82, 2.24) is 10.6 Å². The van der Waals surface area contributed by atoms with Crippen LogP contribution in [0.15, 0.2) is 29.3 Å². The van der Waals surface area contributed by atoms with Crippen molar-refractivity contribution in [3.8, 4) is 11.5 Å². The topological polar surface area (TPSA) is 64.1 Å². The van der Waals surface area contributed by atoms with Crippen LogP contribution < -0.4 is 20.1 Å². The number of rotatable bonds is 10. The summed E-state index contributed by atoms with van der Waals surface area (Å²) in [6.45, 7) is 1.63. The highest BCUT2D eigenvalue weighted by molar-refractivity contribution is 5.79. The highest BCUT2D eigenvalue weighted by Crippen LogP contribution is 2.26. The van der Waals surface area contributed by atoms with Crippen LogP contribution >= 0.6 is 0 Å². The fraction of sp³-hybridized carbons (Fsp3) is 0.588. The van der Waals surface area contributed by atoms with Gasteiger partial charge in [-0.15, -0.1) is 0 Å². The number of nitrogens with zero attached hydrogens (tertiary/aromatic N) is 1. The SMILES string of the molecule is CN=C(NCCCOCC(F)(F)F)NCC(C)Oc1ccccc1OC. The number of guanidine groups is 1. The van der Waals surface area contributed by atoms with Gasteiger partial charge in [0.25, 0.3) is 0 Å². The van der Waals surface area contributed by atoms with Crippen molar-refractivity contribution in [3.63, 3.8) is 0 Å². The molecule has 26 heavy (non-hydrogen) atoms. The van der Waals surface area contributed by atoms with Crippen LogP contribution in [-0.2, 0) is 4.74 Å². The lowest BCUT2D eigenvalue weighted by Gasteiger charge is -2.19. The van der Waals surface area contributed by atoms with E-state index >= 15 is 0 Å². The van der Waals surface area contributed by atoms with Crippen LogP contribution in [-0.4, -0.2) is 58.7 Å². The number of para-hydroxylation sites is 2. The molecule has 1 rings (SSSR count). The lowest BCUT2D eigenvalue weighted by Crippen LogP contribution is -2.42. The van der Waals surface area contributed by atoms with Gasteiger partial charge in [-0.25, -0.2) is 0 Å². The van der Waals surface area contributed by atoms with Crippen molar-refractivity contribution in [1.29, 1.82) is 0 Å². The smallest absolute Gasteiger partial charge is 0.411 e. The first-order chi connectivity index (χ1) is 12.4. The quantitative estimate of drug-likeness (QED) is 0.373. The van der Waals surface area contributed by atoms with E-state index in [1.807, 2.05) is 31.2 Å². The van der Waals surface area contributed by atoms with E-state index in [9.17, 15) is 13.2 Å². The molecule has 1 atom stereocenters. The molecule has 0 aliphatic carbocycles. The number of alkyl halides is 3. The van der Waals surface area contributed by atoms with E-state index in [2.05, 4.69) is 20.4 Å². The maximum absolute atomic E-state index is 11.9. The molecular formula is C17H26F3N3O3. The van der Waals surface area contributed by atoms with Crippen molar-refractivity contribution in [3.05, 3.63) is 24.3 Å². The predicted molar refractivity (Wildman–Crippen MR) is 93.9 cm³/mol. The Morgan fingerprint density at radius 1 is 1.19 bits per heavy atom. The molecule has 0 aromatic heterocycles. The van der Waals surface area contributed by atoms with Gasteiger partial charge in [-0.05, 0) is 25.5 Å². The molecule has 0 fully saturated rings. The van der Waals surface area contributed by atoms with E-state index in [-0.39, 0.29) is 12.7 Å². The Kier molecular flexibility index (Phi) is 9.64. The van der Waals surface area contributed by atoms with Crippen LogP contribution in [0.2, 0.25) is 0 Å². The lowest BCUT2D eigenvalue weighted by molar-refractivity contribution is -0.173. The van der Waals surface area contributed by atoms with E-state index in [4.69, 9.17) is 9.47 Å². The molecule has 0 aliphatic heterocycles. The van der Waals surface area contributed by atoms with Crippen molar-refractivity contribution in [2.45, 2.75) is 25.6 Å². The Bertz CT molecular complexity index is 554. The molecule has 9 heteroatoms. The van der Waals surface area contributed by atoms with Crippen molar-refractivity contribution in [2.24, 2.45) is 4.99 Å². The average Bonchev–Trinajstić information content (AvgIpc) is 2.60. The summed E-state index contributed by atoms with van der Waals surface area (Å²) in [6.07, 6.45) is -4.01. The van der Waals surface area contributed by atoms with Gasteiger partial charge in [-0.3, -0.25) is 4.99 Å². The molecule has 1 aromatic carbocycles. The molecule has 2 N–H and O–H groups in total. The Balaban J connectivity index is 2.25. The molecule has 1 unspecified atom stereocenters. The van der Waals surface area contributed by atoms with E-state index in [1.54, 1.807) is 14.2 Å². The number of methoxy groups -OCH3 is 1. The summed E-state index contributed by atoms with van der Waals surface area (Å²) in [7, 11) is 3.19. The van der Waals surface area contributed by atoms with Crippen LogP contribution in [0.25, 0.3) is 0 Å². The molecule has 0 spiro atoms. The van der Waals surface area contributed by atoms with Gasteiger partial charge in [0.15, 0.2) is 17.5 Å². The summed E-state index contributed by atoms with van der Waals surface area (Å²) in [5.74, 6) is 1.84. The average molecular weight is 377 g/mol. The fourth-order valence-corrected chi connectivity index (χ4v) is 2.00. The molecule has 0 radical (unpaired) electrons. The number of benzene rings is 1. The second-order valence-corrected chi connectivity index (χ2v) is 5.48. The molecule has 0 aliphatic rings. The Hall–Kier alpha value is -2.16. The Morgan fingerprint density at radius 3 is 2.50 bits per heavy atom. The van der Waals surface area contributed by atoms with Crippen LogP contribution in [0.3, 0.4) is 0 Å². The van der Waals surface area contributed by atoms with Gasteiger partial charge in [-0.1, -0.05) is 12.1 Å². The summed E-state index contributed by atoms with van der Waals surface area (Å²) >= 11 is 0. The van der Waals surface area contributed by atoms with Gasteiger partial charge in [0.05, 0.1) is 13.7 Å². The van der Waals surface area contributed by atoms with Crippen molar-refractivity contribution >= 4 is 5.96 Å². The number of hydrogen-bond donors (Lipinski definition) is 2. The van der Waals surface area contributed by atoms with Crippen molar-refractivity contribution in [2.75, 3.05) is 40.5 Å². The highest BCUT2D eigenvalue weighted by Gasteiger charge is 2.27. The summed E-state index contributed by atoms with van der Waals surface area (Å²) < 4.78 is 51.4. The number of nitrogens with one attached hydrogen (secondary N) is 2. The van der Waals surface area contributed by atoms with E-state index in [1.165, 1.54) is 0 Å². The molecule has 6 nitrogen and oxygen atoms in total. The van der Waals surface area contributed by atoms with Crippen molar-refractivity contribution < 1.29 is 27.4 Å². The molecule has 148 valence electrons. The Morgan fingerprint density at radius 2 is 1.88 bits per heavy atom. The maximum Gasteiger partial charge on any atom is 0.411 e. The number of ether oxygens (including phenoxy) is 3. The highest BCUT2D eigenvalue weighted by atomic mass is 19.4. The Labute approximate surface area is 151 Å². The second-order valence-electron chi connectivity index (χ2n) is 5.48. The minimum atomic E-state index is -4.29. The van der Waals surface area contributed by atoms with E-state index < -0.39 is 12.8 Å². The number of hydrogen-bond acceptors (Lipinski definition) is 4. The van der Waals surface area contributed by atoms with Crippen LogP contribution in [0.1, 0.15) is 13.3 Å². The summed E-state index contributed by atoms with van der Waals surface area (Å²) in [4.78, 5) is 4.05. The number of halogens is 3. The summed E-state index contributed by atoms with van der Waals surface area (Å²) in [5.41, 5.74) is 0. The first-order valence-electron chi connectivity index (χ1n) is 8.24. The molecule has 0 heterocycles. The van der Waals surface area contributed by atoms with Crippen LogP contribution in [0.4, 0.5) is 13.2 Å². The molecule has 0 bridgehead atoms. The second kappa shape index (κ2) is 11.5. The third-order valence-electron chi connectivity index (χ3n) is 3.20. The molecule has 1 aromatic rings. The lowest BCUT2D eigenvalue weighted by atomic mass is 10.3. The van der Waals surface area contributed by atoms with Crippen LogP contribution in [0.5, 0.6) is 11.5 Å². The van der Waals surface area contributed by atoms with Gasteiger partial charge < -0.3 is 24.8 Å². The van der Waals surface area contributed by atoms with Crippen LogP contribution in [0, 0.1) is 0 Å². The molecule has 0 saturated carbocycles. The van der Waals surface area contributed by atoms with E-state index in [0.717, 1.165) is 0 Å². The maximum atomic E-state index is 11.9. The van der Waals surface area contributed by atoms with Gasteiger partial charge in [0.1, 0.15) is 12.7 Å². The minimum Gasteiger partial charge on any atom is -0.493 e. The third-order valence-corrected chi connectivity index (χ3v) is 3.20. The third kappa shape index (κ3) is 9.36. The standard InChI is InChI=1S/C17H26F3N3O3/c1-13(26-15-8-5-4-7-14(15)24-3)11-23-16(21-2)22-9-6-10-25-12-17(18,19)20/h4-5,7-8,13H,6,9-12H2,1-3H3,(H2,21,22,23). The zero-order valence-electron chi connectivity index (χ0n) is 15.2. The van der Waals surface area contributed by atoms with Gasteiger partial charge >= 0.3 is 6.18 Å².